The third-order valence-electron chi connectivity index (χ3n) is 2.01. The van der Waals surface area contributed by atoms with Crippen LogP contribution in [0, 0.1) is 0 Å². The van der Waals surface area contributed by atoms with Crippen molar-refractivity contribution in [2.75, 3.05) is 19.5 Å². The second-order valence-corrected chi connectivity index (χ2v) is 4.89. The molecule has 0 bridgehead atoms. The maximum atomic E-state index is 8.81. The van der Waals surface area contributed by atoms with Crippen LogP contribution in [0.25, 0.3) is 0 Å². The minimum Gasteiger partial charge on any atom is -0.497 e. The van der Waals surface area contributed by atoms with Crippen LogP contribution in [0.2, 0.25) is 0 Å². The molecule has 15 heavy (non-hydrogen) atoms. The summed E-state index contributed by atoms with van der Waals surface area (Å²) < 4.78 is 5.13. The molecular formula is C11H17NO2S. The SMILES string of the molecule is COc1cc(N)cc(SC(C)CCO)c1. The van der Waals surface area contributed by atoms with Gasteiger partial charge in [0.15, 0.2) is 0 Å². The Morgan fingerprint density at radius 2 is 2.20 bits per heavy atom. The van der Waals surface area contributed by atoms with E-state index in [0.717, 1.165) is 17.1 Å². The first-order valence-corrected chi connectivity index (χ1v) is 5.75. The molecule has 3 nitrogen and oxygen atoms in total. The van der Waals surface area contributed by atoms with Gasteiger partial charge in [-0.3, -0.25) is 0 Å². The van der Waals surface area contributed by atoms with Crippen molar-refractivity contribution in [3.8, 4) is 5.75 Å². The van der Waals surface area contributed by atoms with Gasteiger partial charge in [-0.25, -0.2) is 0 Å². The summed E-state index contributed by atoms with van der Waals surface area (Å²) in [6.45, 7) is 2.30. The van der Waals surface area contributed by atoms with Gasteiger partial charge in [0, 0.05) is 28.5 Å². The van der Waals surface area contributed by atoms with E-state index < -0.39 is 0 Å². The van der Waals surface area contributed by atoms with E-state index >= 15 is 0 Å². The van der Waals surface area contributed by atoms with Gasteiger partial charge in [-0.2, -0.15) is 0 Å². The Balaban J connectivity index is 2.71. The Bertz CT molecular complexity index is 317. The summed E-state index contributed by atoms with van der Waals surface area (Å²) in [5.41, 5.74) is 6.44. The van der Waals surface area contributed by atoms with E-state index in [1.807, 2.05) is 12.1 Å². The summed E-state index contributed by atoms with van der Waals surface area (Å²) in [6, 6.07) is 5.66. The smallest absolute Gasteiger partial charge is 0.122 e. The van der Waals surface area contributed by atoms with Gasteiger partial charge in [0.2, 0.25) is 0 Å². The van der Waals surface area contributed by atoms with E-state index in [-0.39, 0.29) is 6.61 Å². The standard InChI is InChI=1S/C11H17NO2S/c1-8(3-4-13)15-11-6-9(12)5-10(7-11)14-2/h5-8,13H,3-4,12H2,1-2H3. The summed E-state index contributed by atoms with van der Waals surface area (Å²) in [6.07, 6.45) is 0.780. The van der Waals surface area contributed by atoms with Gasteiger partial charge in [0.25, 0.3) is 0 Å². The quantitative estimate of drug-likeness (QED) is 0.597. The first kappa shape index (κ1) is 12.2. The van der Waals surface area contributed by atoms with Gasteiger partial charge in [0.1, 0.15) is 5.75 Å². The average molecular weight is 227 g/mol. The predicted molar refractivity (Wildman–Crippen MR) is 64.4 cm³/mol. The molecule has 0 heterocycles. The number of aliphatic hydroxyl groups excluding tert-OH is 1. The molecule has 0 saturated carbocycles. The van der Waals surface area contributed by atoms with Gasteiger partial charge < -0.3 is 15.6 Å². The second kappa shape index (κ2) is 5.88. The third-order valence-corrected chi connectivity index (χ3v) is 3.16. The zero-order valence-corrected chi connectivity index (χ0v) is 9.88. The first-order chi connectivity index (χ1) is 7.15. The van der Waals surface area contributed by atoms with Crippen molar-refractivity contribution in [2.24, 2.45) is 0 Å². The fourth-order valence-electron chi connectivity index (χ4n) is 1.25. The largest absolute Gasteiger partial charge is 0.497 e. The molecule has 3 N–H and O–H groups in total. The maximum Gasteiger partial charge on any atom is 0.122 e. The minimum atomic E-state index is 0.216. The fraction of sp³-hybridized carbons (Fsp3) is 0.455. The monoisotopic (exact) mass is 227 g/mol. The highest BCUT2D eigenvalue weighted by molar-refractivity contribution is 8.00. The summed E-state index contributed by atoms with van der Waals surface area (Å²) in [7, 11) is 1.63. The number of methoxy groups -OCH3 is 1. The van der Waals surface area contributed by atoms with Gasteiger partial charge in [-0.15, -0.1) is 11.8 Å². The summed E-state index contributed by atoms with van der Waals surface area (Å²) in [5.74, 6) is 0.772. The van der Waals surface area contributed by atoms with Crippen molar-refractivity contribution in [2.45, 2.75) is 23.5 Å². The van der Waals surface area contributed by atoms with Gasteiger partial charge in [0.05, 0.1) is 7.11 Å². The third kappa shape index (κ3) is 4.01. The lowest BCUT2D eigenvalue weighted by Crippen LogP contribution is -1.99. The normalized spacial score (nSPS) is 12.5. The van der Waals surface area contributed by atoms with Crippen LogP contribution in [0.3, 0.4) is 0 Å². The van der Waals surface area contributed by atoms with Gasteiger partial charge >= 0.3 is 0 Å². The lowest BCUT2D eigenvalue weighted by molar-refractivity contribution is 0.289. The molecule has 1 aromatic carbocycles. The molecule has 0 radical (unpaired) electrons. The number of hydrogen-bond acceptors (Lipinski definition) is 4. The van der Waals surface area contributed by atoms with E-state index in [1.165, 1.54) is 0 Å². The molecule has 1 unspecified atom stereocenters. The van der Waals surface area contributed by atoms with Crippen LogP contribution in [-0.2, 0) is 0 Å². The summed E-state index contributed by atoms with van der Waals surface area (Å²) >= 11 is 1.69. The van der Waals surface area contributed by atoms with Crippen molar-refractivity contribution in [1.82, 2.24) is 0 Å². The van der Waals surface area contributed by atoms with Crippen LogP contribution < -0.4 is 10.5 Å². The Kier molecular flexibility index (Phi) is 4.78. The molecule has 0 aliphatic carbocycles. The van der Waals surface area contributed by atoms with E-state index in [0.29, 0.717) is 10.9 Å². The van der Waals surface area contributed by atoms with Crippen molar-refractivity contribution in [1.29, 1.82) is 0 Å². The van der Waals surface area contributed by atoms with Crippen LogP contribution in [0.5, 0.6) is 5.75 Å². The molecule has 0 aliphatic heterocycles. The van der Waals surface area contributed by atoms with E-state index in [2.05, 4.69) is 6.92 Å². The Labute approximate surface area is 94.6 Å². The molecule has 0 saturated heterocycles. The molecule has 0 aliphatic rings. The highest BCUT2D eigenvalue weighted by Gasteiger charge is 2.05. The molecule has 1 rings (SSSR count). The molecule has 1 atom stereocenters. The number of thioether (sulfide) groups is 1. The molecule has 84 valence electrons. The Hall–Kier alpha value is -0.870. The Morgan fingerprint density at radius 3 is 2.80 bits per heavy atom. The van der Waals surface area contributed by atoms with Gasteiger partial charge in [-0.1, -0.05) is 6.92 Å². The average Bonchev–Trinajstić information content (AvgIpc) is 2.17. The van der Waals surface area contributed by atoms with Crippen LogP contribution in [0.4, 0.5) is 5.69 Å². The molecule has 0 spiro atoms. The van der Waals surface area contributed by atoms with Crippen molar-refractivity contribution in [3.05, 3.63) is 18.2 Å². The fourth-order valence-corrected chi connectivity index (χ4v) is 2.33. The number of benzene rings is 1. The number of aliphatic hydroxyl groups is 1. The molecule has 0 aromatic heterocycles. The minimum absolute atomic E-state index is 0.216. The molecule has 1 aromatic rings. The number of anilines is 1. The van der Waals surface area contributed by atoms with E-state index in [1.54, 1.807) is 24.9 Å². The van der Waals surface area contributed by atoms with Crippen LogP contribution in [0.15, 0.2) is 23.1 Å². The summed E-state index contributed by atoms with van der Waals surface area (Å²) in [5, 5.41) is 9.18. The lowest BCUT2D eigenvalue weighted by Gasteiger charge is -2.11. The number of nitrogen functional groups attached to an aromatic ring is 1. The number of rotatable bonds is 5. The highest BCUT2D eigenvalue weighted by atomic mass is 32.2. The topological polar surface area (TPSA) is 55.5 Å². The predicted octanol–water partition coefficient (Wildman–Crippen LogP) is 2.14. The number of hydrogen-bond donors (Lipinski definition) is 2. The van der Waals surface area contributed by atoms with Crippen LogP contribution >= 0.6 is 11.8 Å². The van der Waals surface area contributed by atoms with Crippen molar-refractivity contribution < 1.29 is 9.84 Å². The van der Waals surface area contributed by atoms with E-state index in [4.69, 9.17) is 15.6 Å². The van der Waals surface area contributed by atoms with Gasteiger partial charge in [-0.05, 0) is 18.6 Å². The molecule has 4 heteroatoms. The summed E-state index contributed by atoms with van der Waals surface area (Å²) in [4.78, 5) is 1.08. The van der Waals surface area contributed by atoms with E-state index in [9.17, 15) is 0 Å². The molecule has 0 amide bonds. The maximum absolute atomic E-state index is 8.81. The van der Waals surface area contributed by atoms with Crippen LogP contribution in [-0.4, -0.2) is 24.1 Å². The number of nitrogens with two attached hydrogens (primary N) is 1. The lowest BCUT2D eigenvalue weighted by atomic mass is 10.3. The zero-order chi connectivity index (χ0) is 11.3. The van der Waals surface area contributed by atoms with Crippen molar-refractivity contribution >= 4 is 17.4 Å². The highest BCUT2D eigenvalue weighted by Crippen LogP contribution is 2.30. The second-order valence-electron chi connectivity index (χ2n) is 3.38. The first-order valence-electron chi connectivity index (χ1n) is 4.87. The molecular weight excluding hydrogens is 210 g/mol. The zero-order valence-electron chi connectivity index (χ0n) is 9.06. The Morgan fingerprint density at radius 1 is 1.47 bits per heavy atom. The number of ether oxygens (including phenoxy) is 1. The van der Waals surface area contributed by atoms with Crippen molar-refractivity contribution in [3.63, 3.8) is 0 Å². The van der Waals surface area contributed by atoms with Crippen LogP contribution in [0.1, 0.15) is 13.3 Å². The molecule has 0 fully saturated rings.